The van der Waals surface area contributed by atoms with E-state index in [0.717, 1.165) is 0 Å². The third-order valence-electron chi connectivity index (χ3n) is 0.504. The predicted octanol–water partition coefficient (Wildman–Crippen LogP) is 1.74. The minimum Gasteiger partial charge on any atom is -0.129 e. The van der Waals surface area contributed by atoms with E-state index in [-0.39, 0.29) is 0 Å². The molecule has 0 spiro atoms. The van der Waals surface area contributed by atoms with Crippen molar-refractivity contribution in [3.8, 4) is 12.3 Å². The quantitative estimate of drug-likeness (QED) is 0.341. The van der Waals surface area contributed by atoms with Gasteiger partial charge in [0.1, 0.15) is 0 Å². The summed E-state index contributed by atoms with van der Waals surface area (Å²) in [5.74, 6) is 2.46. The molecule has 0 aliphatic heterocycles. The highest BCUT2D eigenvalue weighted by atomic mass is 13.6. The summed E-state index contributed by atoms with van der Waals surface area (Å²) in [6.45, 7) is 1.91. The molecule has 36 valence electrons. The first-order valence-corrected chi connectivity index (χ1v) is 2.21. The Morgan fingerprint density at radius 2 is 2.43 bits per heavy atom. The number of hydrogen-bond acceptors (Lipinski definition) is 0. The molecule has 0 nitrogen and oxygen atoms in total. The van der Waals surface area contributed by atoms with Crippen molar-refractivity contribution in [3.05, 3.63) is 17.9 Å². The summed E-state index contributed by atoms with van der Waals surface area (Å²) < 4.78 is 0. The van der Waals surface area contributed by atoms with Crippen LogP contribution in [-0.4, -0.2) is 0 Å². The van der Waals surface area contributed by atoms with E-state index in [0.29, 0.717) is 6.42 Å². The first kappa shape index (κ1) is 6.08. The van der Waals surface area contributed by atoms with Crippen LogP contribution in [0.3, 0.4) is 0 Å². The molecule has 0 N–H and O–H groups in total. The third kappa shape index (κ3) is 5.08. The van der Waals surface area contributed by atoms with Crippen LogP contribution in [0.25, 0.3) is 0 Å². The van der Waals surface area contributed by atoms with Gasteiger partial charge in [0.05, 0.1) is 0 Å². The highest BCUT2D eigenvalue weighted by Crippen LogP contribution is 1.73. The molecular weight excluding hydrogens is 84.1 g/mol. The molecular formula is C7H8. The van der Waals surface area contributed by atoms with Crippen LogP contribution in [0, 0.1) is 12.3 Å². The lowest BCUT2D eigenvalue weighted by atomic mass is 10.4. The number of allylic oxidation sites excluding steroid dienone is 1. The van der Waals surface area contributed by atoms with E-state index in [2.05, 4.69) is 11.7 Å². The Kier molecular flexibility index (Phi) is 4.41. The van der Waals surface area contributed by atoms with Crippen LogP contribution in [0.4, 0.5) is 0 Å². The molecule has 0 aromatic heterocycles. The van der Waals surface area contributed by atoms with E-state index < -0.39 is 0 Å². The highest BCUT2D eigenvalue weighted by molar-refractivity contribution is 4.95. The molecule has 0 aromatic carbocycles. The standard InChI is InChI=1S/C7H8/c1-3-5-7-6-4-2/h1,4,7H,5H2,2H3. The lowest BCUT2D eigenvalue weighted by Crippen LogP contribution is -1.48. The maximum Gasteiger partial charge on any atom is 0.0342 e. The number of rotatable bonds is 1. The summed E-state index contributed by atoms with van der Waals surface area (Å²) in [5, 5.41) is 0. The predicted molar refractivity (Wildman–Crippen MR) is 31.8 cm³/mol. The monoisotopic (exact) mass is 92.1 g/mol. The molecule has 0 fully saturated rings. The van der Waals surface area contributed by atoms with Crippen molar-refractivity contribution in [2.45, 2.75) is 13.3 Å². The molecule has 0 heterocycles. The molecule has 0 radical (unpaired) electrons. The Bertz CT molecular complexity index is 117. The van der Waals surface area contributed by atoms with Crippen molar-refractivity contribution < 1.29 is 0 Å². The summed E-state index contributed by atoms with van der Waals surface area (Å²) in [4.78, 5) is 0. The number of terminal acetylenes is 1. The minimum absolute atomic E-state index is 0.685. The van der Waals surface area contributed by atoms with Gasteiger partial charge in [-0.15, -0.1) is 18.1 Å². The first-order valence-electron chi connectivity index (χ1n) is 2.21. The van der Waals surface area contributed by atoms with Crippen LogP contribution < -0.4 is 0 Å². The molecule has 0 atom stereocenters. The van der Waals surface area contributed by atoms with Crippen LogP contribution in [0.5, 0.6) is 0 Å². The lowest BCUT2D eigenvalue weighted by Gasteiger charge is -1.64. The first-order chi connectivity index (χ1) is 3.41. The Hall–Kier alpha value is -0.920. The van der Waals surface area contributed by atoms with Gasteiger partial charge in [-0.3, -0.25) is 0 Å². The molecule has 0 unspecified atom stereocenters. The summed E-state index contributed by atoms with van der Waals surface area (Å²) in [7, 11) is 0. The van der Waals surface area contributed by atoms with E-state index >= 15 is 0 Å². The summed E-state index contributed by atoms with van der Waals surface area (Å²) in [6.07, 6.45) is 9.27. The van der Waals surface area contributed by atoms with Crippen LogP contribution in [0.15, 0.2) is 17.9 Å². The van der Waals surface area contributed by atoms with Crippen molar-refractivity contribution in [3.63, 3.8) is 0 Å². The van der Waals surface area contributed by atoms with Crippen LogP contribution in [-0.2, 0) is 0 Å². The van der Waals surface area contributed by atoms with Crippen molar-refractivity contribution in [2.75, 3.05) is 0 Å². The molecule has 0 saturated carbocycles. The van der Waals surface area contributed by atoms with E-state index in [1.54, 1.807) is 0 Å². The number of hydrogen-bond donors (Lipinski definition) is 0. The summed E-state index contributed by atoms with van der Waals surface area (Å²) in [5.41, 5.74) is 2.86. The molecule has 0 heteroatoms. The zero-order chi connectivity index (χ0) is 5.54. The SMILES string of the molecule is C#CCC=C=CC. The van der Waals surface area contributed by atoms with Crippen molar-refractivity contribution in [1.82, 2.24) is 0 Å². The van der Waals surface area contributed by atoms with Gasteiger partial charge >= 0.3 is 0 Å². The zero-order valence-electron chi connectivity index (χ0n) is 4.44. The van der Waals surface area contributed by atoms with Gasteiger partial charge in [0.15, 0.2) is 0 Å². The molecule has 0 rings (SSSR count). The molecule has 0 aliphatic carbocycles. The Morgan fingerprint density at radius 1 is 1.71 bits per heavy atom. The Morgan fingerprint density at radius 3 is 2.86 bits per heavy atom. The van der Waals surface area contributed by atoms with Crippen LogP contribution in [0.1, 0.15) is 13.3 Å². The summed E-state index contributed by atoms with van der Waals surface area (Å²) >= 11 is 0. The second kappa shape index (κ2) is 5.08. The molecule has 7 heavy (non-hydrogen) atoms. The van der Waals surface area contributed by atoms with Crippen LogP contribution >= 0.6 is 0 Å². The molecule has 0 bridgehead atoms. The zero-order valence-corrected chi connectivity index (χ0v) is 4.44. The van der Waals surface area contributed by atoms with Gasteiger partial charge in [-0.05, 0) is 19.1 Å². The second-order valence-corrected chi connectivity index (χ2v) is 1.07. The fourth-order valence-electron chi connectivity index (χ4n) is 0.236. The molecule has 0 saturated heterocycles. The van der Waals surface area contributed by atoms with Gasteiger partial charge in [0.25, 0.3) is 0 Å². The van der Waals surface area contributed by atoms with Gasteiger partial charge in [0.2, 0.25) is 0 Å². The maximum absolute atomic E-state index is 4.93. The molecule has 0 aromatic rings. The topological polar surface area (TPSA) is 0 Å². The Balaban J connectivity index is 3.33. The minimum atomic E-state index is 0.685. The van der Waals surface area contributed by atoms with Gasteiger partial charge in [-0.2, -0.15) is 0 Å². The molecule has 0 aliphatic rings. The van der Waals surface area contributed by atoms with E-state index in [1.165, 1.54) is 0 Å². The van der Waals surface area contributed by atoms with Gasteiger partial charge in [-0.25, -0.2) is 0 Å². The van der Waals surface area contributed by atoms with E-state index in [9.17, 15) is 0 Å². The maximum atomic E-state index is 4.93. The average Bonchev–Trinajstić information content (AvgIpc) is 1.69. The smallest absolute Gasteiger partial charge is 0.0342 e. The van der Waals surface area contributed by atoms with Crippen molar-refractivity contribution in [2.24, 2.45) is 0 Å². The average molecular weight is 92.1 g/mol. The van der Waals surface area contributed by atoms with Gasteiger partial charge in [0, 0.05) is 6.42 Å². The normalized spacial score (nSPS) is 5.71. The second-order valence-electron chi connectivity index (χ2n) is 1.07. The fourth-order valence-corrected chi connectivity index (χ4v) is 0.236. The molecule has 0 amide bonds. The van der Waals surface area contributed by atoms with E-state index in [4.69, 9.17) is 6.42 Å². The fraction of sp³-hybridized carbons (Fsp3) is 0.286. The largest absolute Gasteiger partial charge is 0.129 e. The Labute approximate surface area is 44.5 Å². The third-order valence-corrected chi connectivity index (χ3v) is 0.504. The summed E-state index contributed by atoms with van der Waals surface area (Å²) in [6, 6.07) is 0. The lowest BCUT2D eigenvalue weighted by molar-refractivity contribution is 1.48. The van der Waals surface area contributed by atoms with Gasteiger partial charge in [-0.1, -0.05) is 0 Å². The van der Waals surface area contributed by atoms with Crippen molar-refractivity contribution >= 4 is 0 Å². The van der Waals surface area contributed by atoms with E-state index in [1.807, 2.05) is 19.1 Å². The van der Waals surface area contributed by atoms with Crippen molar-refractivity contribution in [1.29, 1.82) is 0 Å². The highest BCUT2D eigenvalue weighted by Gasteiger charge is 1.57. The van der Waals surface area contributed by atoms with Gasteiger partial charge < -0.3 is 0 Å². The van der Waals surface area contributed by atoms with Crippen LogP contribution in [0.2, 0.25) is 0 Å².